The van der Waals surface area contributed by atoms with Crippen molar-refractivity contribution in [1.82, 2.24) is 20.1 Å². The smallest absolute Gasteiger partial charge is 0.265 e. The molecule has 6 atom stereocenters. The summed E-state index contributed by atoms with van der Waals surface area (Å²) < 4.78 is 22.6. The third-order valence-electron chi connectivity index (χ3n) is 12.0. The second-order valence-corrected chi connectivity index (χ2v) is 15.1. The molecular formula is C42H40N4O10. The van der Waals surface area contributed by atoms with Crippen molar-refractivity contribution >= 4 is 23.1 Å². The Hall–Kier alpha value is -5.54. The van der Waals surface area contributed by atoms with Gasteiger partial charge in [-0.15, -0.1) is 0 Å². The van der Waals surface area contributed by atoms with Crippen molar-refractivity contribution in [3.63, 3.8) is 0 Å². The molecule has 10 rings (SSSR count). The minimum Gasteiger partial charge on any atom is -0.470 e. The lowest BCUT2D eigenvalue weighted by Gasteiger charge is -2.48. The van der Waals surface area contributed by atoms with Gasteiger partial charge in [0.05, 0.1) is 12.1 Å². The molecule has 0 bridgehead atoms. The molecule has 6 aliphatic rings. The minimum atomic E-state index is -2.10. The zero-order chi connectivity index (χ0) is 38.6. The number of ether oxygens (including phenoxy) is 2. The number of aliphatic hydroxyl groups is 2. The highest BCUT2D eigenvalue weighted by Gasteiger charge is 2.63. The molecule has 2 aliphatic heterocycles. The first-order valence-corrected chi connectivity index (χ1v) is 19.0. The van der Waals surface area contributed by atoms with Crippen molar-refractivity contribution in [1.29, 1.82) is 0 Å². The molecule has 2 unspecified atom stereocenters. The van der Waals surface area contributed by atoms with Gasteiger partial charge >= 0.3 is 0 Å². The Morgan fingerprint density at radius 3 is 1.38 bits per heavy atom. The largest absolute Gasteiger partial charge is 0.470 e. The summed E-state index contributed by atoms with van der Waals surface area (Å²) in [6.07, 6.45) is 8.94. The van der Waals surface area contributed by atoms with Crippen molar-refractivity contribution in [2.24, 2.45) is 11.8 Å². The molecule has 14 nitrogen and oxygen atoms in total. The predicted octanol–water partition coefficient (Wildman–Crippen LogP) is 4.15. The maximum atomic E-state index is 13.2. The molecule has 2 N–H and O–H groups in total. The van der Waals surface area contributed by atoms with Crippen molar-refractivity contribution in [3.05, 3.63) is 119 Å². The molecule has 4 aliphatic carbocycles. The normalized spacial score (nSPS) is 29.2. The maximum Gasteiger partial charge on any atom is 0.265 e. The van der Waals surface area contributed by atoms with Gasteiger partial charge in [-0.2, -0.15) is 0 Å². The SMILES string of the molecule is O=C1C=CCC2[C@H](N3CCC3)c3onc(OCc4ccccc4)c3C(=O)[C@@]12O.O=C1C=CCC2[C@H](N3CCC3)c3onc(OCc4ccccc4)c3C(=O)[C@]12O. The van der Waals surface area contributed by atoms with E-state index in [2.05, 4.69) is 20.1 Å². The molecule has 0 amide bonds. The van der Waals surface area contributed by atoms with E-state index >= 15 is 0 Å². The zero-order valence-corrected chi connectivity index (χ0v) is 30.4. The van der Waals surface area contributed by atoms with E-state index in [4.69, 9.17) is 18.5 Å². The minimum absolute atomic E-state index is 0.0311. The van der Waals surface area contributed by atoms with Gasteiger partial charge in [-0.1, -0.05) is 72.8 Å². The Morgan fingerprint density at radius 1 is 0.625 bits per heavy atom. The van der Waals surface area contributed by atoms with Crippen LogP contribution in [-0.4, -0.2) is 90.8 Å². The van der Waals surface area contributed by atoms with Crippen LogP contribution in [0, 0.1) is 11.8 Å². The fraction of sp³-hybridized carbons (Fsp3) is 0.381. The number of hydrogen-bond acceptors (Lipinski definition) is 14. The molecule has 4 aromatic rings. The molecule has 288 valence electrons. The number of Topliss-reactive ketones (excluding diaryl/α,β-unsaturated/α-hetero) is 2. The zero-order valence-electron chi connectivity index (χ0n) is 30.4. The van der Waals surface area contributed by atoms with E-state index in [1.165, 1.54) is 12.2 Å². The summed E-state index contributed by atoms with van der Waals surface area (Å²) >= 11 is 0. The molecule has 0 radical (unpaired) electrons. The average molecular weight is 761 g/mol. The van der Waals surface area contributed by atoms with E-state index in [0.29, 0.717) is 24.4 Å². The Kier molecular flexibility index (Phi) is 9.15. The first-order chi connectivity index (χ1) is 27.2. The maximum absolute atomic E-state index is 13.2. The summed E-state index contributed by atoms with van der Waals surface area (Å²) in [5.74, 6) is -2.84. The fourth-order valence-corrected chi connectivity index (χ4v) is 8.75. The van der Waals surface area contributed by atoms with Crippen molar-refractivity contribution in [3.8, 4) is 11.8 Å². The van der Waals surface area contributed by atoms with Crippen LogP contribution in [0.4, 0.5) is 0 Å². The highest BCUT2D eigenvalue weighted by molar-refractivity contribution is 6.24. The van der Waals surface area contributed by atoms with Crippen LogP contribution in [0.5, 0.6) is 11.8 Å². The number of carbonyl (C=O) groups excluding carboxylic acids is 4. The van der Waals surface area contributed by atoms with Crippen molar-refractivity contribution in [2.75, 3.05) is 26.2 Å². The number of nitrogens with zero attached hydrogens (tertiary/aromatic N) is 4. The number of likely N-dealkylation sites (tertiary alicyclic amines) is 2. The van der Waals surface area contributed by atoms with Crippen LogP contribution in [0.3, 0.4) is 0 Å². The summed E-state index contributed by atoms with van der Waals surface area (Å²) in [4.78, 5) is 55.9. The number of ketones is 4. The lowest BCUT2D eigenvalue weighted by Crippen LogP contribution is -2.61. The van der Waals surface area contributed by atoms with Crippen molar-refractivity contribution in [2.45, 2.75) is 62.2 Å². The van der Waals surface area contributed by atoms with E-state index in [-0.39, 0.29) is 48.2 Å². The predicted molar refractivity (Wildman–Crippen MR) is 195 cm³/mol. The summed E-state index contributed by atoms with van der Waals surface area (Å²) in [7, 11) is 0. The number of aromatic nitrogens is 2. The summed E-state index contributed by atoms with van der Waals surface area (Å²) in [6, 6.07) is 18.2. The summed E-state index contributed by atoms with van der Waals surface area (Å²) in [6.45, 7) is 3.70. The monoisotopic (exact) mass is 760 g/mol. The number of hydrogen-bond donors (Lipinski definition) is 2. The molecule has 14 heteroatoms. The molecule has 2 saturated heterocycles. The molecule has 56 heavy (non-hydrogen) atoms. The second kappa shape index (κ2) is 14.2. The standard InChI is InChI=1S/2C21H20N2O5/c2*24-15-9-4-8-14-17(23-10-5-11-23)18-16(19(25)21(14,15)26)20(22-28-18)27-12-13-6-2-1-3-7-13/h2*1-4,6-7,9,14,17,26H,5,8,10-12H2/t14?,17-,21+;14?,17-,21-/m00/s1. The van der Waals surface area contributed by atoms with E-state index in [0.717, 1.165) is 50.1 Å². The van der Waals surface area contributed by atoms with Gasteiger partial charge in [-0.05, 0) is 59.3 Å². The van der Waals surface area contributed by atoms with Crippen LogP contribution >= 0.6 is 0 Å². The van der Waals surface area contributed by atoms with Gasteiger partial charge < -0.3 is 28.7 Å². The number of carbonyl (C=O) groups is 4. The number of fused-ring (bicyclic) bond motifs is 4. The Labute approximate surface area is 321 Å². The van der Waals surface area contributed by atoms with E-state index < -0.39 is 46.2 Å². The number of benzene rings is 2. The van der Waals surface area contributed by atoms with Gasteiger partial charge in [0.15, 0.2) is 34.3 Å². The Morgan fingerprint density at radius 2 is 1.02 bits per heavy atom. The lowest BCUT2D eigenvalue weighted by molar-refractivity contribution is -0.139. The van der Waals surface area contributed by atoms with Crippen LogP contribution in [0.1, 0.15) is 81.1 Å². The van der Waals surface area contributed by atoms with Crippen LogP contribution < -0.4 is 9.47 Å². The molecule has 2 aromatic heterocycles. The first-order valence-electron chi connectivity index (χ1n) is 19.0. The van der Waals surface area contributed by atoms with Gasteiger partial charge in [0.25, 0.3) is 11.8 Å². The van der Waals surface area contributed by atoms with Crippen molar-refractivity contribution < 1.29 is 47.9 Å². The number of allylic oxidation sites excluding steroid dienone is 2. The number of rotatable bonds is 8. The van der Waals surface area contributed by atoms with Crippen LogP contribution in [0.2, 0.25) is 0 Å². The first kappa shape index (κ1) is 36.1. The lowest BCUT2D eigenvalue weighted by atomic mass is 9.64. The van der Waals surface area contributed by atoms with Gasteiger partial charge in [-0.3, -0.25) is 29.0 Å². The van der Waals surface area contributed by atoms with Crippen LogP contribution in [-0.2, 0) is 22.8 Å². The van der Waals surface area contributed by atoms with Gasteiger partial charge in [-0.25, -0.2) is 0 Å². The third-order valence-corrected chi connectivity index (χ3v) is 12.0. The molecular weight excluding hydrogens is 720 g/mol. The molecule has 0 spiro atoms. The molecule has 2 fully saturated rings. The van der Waals surface area contributed by atoms with E-state index in [1.54, 1.807) is 12.2 Å². The van der Waals surface area contributed by atoms with Crippen LogP contribution in [0.15, 0.2) is 94.0 Å². The molecule has 4 heterocycles. The van der Waals surface area contributed by atoms with Gasteiger partial charge in [0.1, 0.15) is 24.3 Å². The Balaban J connectivity index is 0.000000146. The average Bonchev–Trinajstić information content (AvgIpc) is 3.80. The summed E-state index contributed by atoms with van der Waals surface area (Å²) in [5, 5.41) is 30.4. The molecule has 0 saturated carbocycles. The second-order valence-electron chi connectivity index (χ2n) is 15.1. The fourth-order valence-electron chi connectivity index (χ4n) is 8.75. The van der Waals surface area contributed by atoms with E-state index in [9.17, 15) is 29.4 Å². The Bertz CT molecular complexity index is 2080. The van der Waals surface area contributed by atoms with E-state index in [1.807, 2.05) is 60.7 Å². The van der Waals surface area contributed by atoms with Gasteiger partial charge in [0, 0.05) is 38.0 Å². The topological polar surface area (TPSA) is 186 Å². The molecule has 2 aromatic carbocycles. The third kappa shape index (κ3) is 5.69. The van der Waals surface area contributed by atoms with Crippen LogP contribution in [0.25, 0.3) is 0 Å². The highest BCUT2D eigenvalue weighted by Crippen LogP contribution is 2.52. The highest BCUT2D eigenvalue weighted by atomic mass is 16.5. The van der Waals surface area contributed by atoms with Gasteiger partial charge in [0.2, 0.25) is 11.6 Å². The quantitative estimate of drug-likeness (QED) is 0.244. The summed E-state index contributed by atoms with van der Waals surface area (Å²) in [5.41, 5.74) is -2.19.